The third-order valence-corrected chi connectivity index (χ3v) is 7.01. The number of aromatic nitrogens is 2. The standard InChI is InChI=1S/C25H23F4N3O4S/c26-20-12-9-16(14-22(20)32-37(34,35)18-6-2-1-3-7-18)23(33)8-4-5-13-36-17-10-11-19-21(15-17)30-31-24(19)25(27,28)29/h1-3,6-7,9-12,14-15,23,32-33H,4-5,8,13H2,(H,30,31)/t23-/m0/s1. The summed E-state index contributed by atoms with van der Waals surface area (Å²) < 4.78 is 85.9. The topological polar surface area (TPSA) is 104 Å². The van der Waals surface area contributed by atoms with E-state index in [1.54, 1.807) is 18.2 Å². The van der Waals surface area contributed by atoms with Crippen LogP contribution in [0.4, 0.5) is 23.2 Å². The normalized spacial score (nSPS) is 13.0. The number of sulfonamides is 1. The number of benzene rings is 3. The number of nitrogens with one attached hydrogen (secondary N) is 2. The second-order valence-electron chi connectivity index (χ2n) is 8.29. The van der Waals surface area contributed by atoms with Crippen LogP contribution in [0.3, 0.4) is 0 Å². The minimum atomic E-state index is -4.53. The first-order valence-corrected chi connectivity index (χ1v) is 12.8. The molecule has 0 unspecified atom stereocenters. The Morgan fingerprint density at radius 3 is 2.51 bits per heavy atom. The number of alkyl halides is 3. The van der Waals surface area contributed by atoms with E-state index in [9.17, 15) is 31.1 Å². The molecule has 0 fully saturated rings. The molecule has 0 saturated carbocycles. The molecule has 0 aliphatic rings. The molecule has 0 aliphatic carbocycles. The molecule has 4 rings (SSSR count). The van der Waals surface area contributed by atoms with E-state index < -0.39 is 33.8 Å². The Balaban J connectivity index is 1.29. The summed E-state index contributed by atoms with van der Waals surface area (Å²) in [5.74, 6) is -0.415. The van der Waals surface area contributed by atoms with Crippen molar-refractivity contribution in [2.45, 2.75) is 36.4 Å². The smallest absolute Gasteiger partial charge is 0.433 e. The maximum Gasteiger partial charge on any atom is 0.433 e. The van der Waals surface area contributed by atoms with Gasteiger partial charge >= 0.3 is 6.18 Å². The van der Waals surface area contributed by atoms with E-state index in [0.29, 0.717) is 30.6 Å². The molecule has 12 heteroatoms. The van der Waals surface area contributed by atoms with Crippen LogP contribution in [0, 0.1) is 5.82 Å². The van der Waals surface area contributed by atoms with Crippen molar-refractivity contribution in [3.63, 3.8) is 0 Å². The lowest BCUT2D eigenvalue weighted by Crippen LogP contribution is -2.14. The lowest BCUT2D eigenvalue weighted by Gasteiger charge is -2.14. The SMILES string of the molecule is O=S(=O)(Nc1cc([C@@H](O)CCCCOc2ccc3c(C(F)(F)F)[nH]nc3c2)ccc1F)c1ccccc1. The largest absolute Gasteiger partial charge is 0.494 e. The zero-order valence-corrected chi connectivity index (χ0v) is 20.1. The second kappa shape index (κ2) is 10.8. The average Bonchev–Trinajstić information content (AvgIpc) is 3.29. The maximum atomic E-state index is 14.3. The molecular weight excluding hydrogens is 514 g/mol. The number of aromatic amines is 1. The molecular formula is C25H23F4N3O4S. The number of ether oxygens (including phenoxy) is 1. The van der Waals surface area contributed by atoms with Crippen molar-refractivity contribution in [2.24, 2.45) is 0 Å². The quantitative estimate of drug-likeness (QED) is 0.175. The van der Waals surface area contributed by atoms with Crippen molar-refractivity contribution in [1.29, 1.82) is 0 Å². The number of unbranched alkanes of at least 4 members (excludes halogenated alkanes) is 1. The van der Waals surface area contributed by atoms with Gasteiger partial charge < -0.3 is 9.84 Å². The van der Waals surface area contributed by atoms with Crippen LogP contribution in [-0.2, 0) is 16.2 Å². The van der Waals surface area contributed by atoms with Crippen molar-refractivity contribution >= 4 is 26.6 Å². The van der Waals surface area contributed by atoms with E-state index in [4.69, 9.17) is 4.74 Å². The summed E-state index contributed by atoms with van der Waals surface area (Å²) in [6.07, 6.45) is -4.16. The summed E-state index contributed by atoms with van der Waals surface area (Å²) >= 11 is 0. The fraction of sp³-hybridized carbons (Fsp3) is 0.240. The zero-order valence-electron chi connectivity index (χ0n) is 19.3. The van der Waals surface area contributed by atoms with Crippen molar-refractivity contribution < 1.29 is 35.8 Å². The zero-order chi connectivity index (χ0) is 26.6. The minimum absolute atomic E-state index is 0.0208. The van der Waals surface area contributed by atoms with Crippen LogP contribution in [-0.4, -0.2) is 30.3 Å². The second-order valence-corrected chi connectivity index (χ2v) is 9.98. The Labute approximate surface area is 210 Å². The number of anilines is 1. The van der Waals surface area contributed by atoms with Gasteiger partial charge in [0.2, 0.25) is 0 Å². The number of aliphatic hydroxyl groups excluding tert-OH is 1. The van der Waals surface area contributed by atoms with Gasteiger partial charge in [-0.15, -0.1) is 0 Å². The Hall–Kier alpha value is -3.64. The number of rotatable bonds is 10. The van der Waals surface area contributed by atoms with Crippen LogP contribution in [0.15, 0.2) is 71.6 Å². The van der Waals surface area contributed by atoms with Crippen molar-refractivity contribution in [2.75, 3.05) is 11.3 Å². The molecule has 0 aliphatic heterocycles. The highest BCUT2D eigenvalue weighted by molar-refractivity contribution is 7.92. The first-order valence-electron chi connectivity index (χ1n) is 11.3. The van der Waals surface area contributed by atoms with E-state index in [1.165, 1.54) is 42.5 Å². The van der Waals surface area contributed by atoms with Crippen molar-refractivity contribution in [3.05, 3.63) is 83.8 Å². The highest BCUT2D eigenvalue weighted by atomic mass is 32.2. The Kier molecular flexibility index (Phi) is 7.69. The number of nitrogens with zero attached hydrogens (tertiary/aromatic N) is 1. The molecule has 0 radical (unpaired) electrons. The highest BCUT2D eigenvalue weighted by Crippen LogP contribution is 2.34. The number of halogens is 4. The van der Waals surface area contributed by atoms with E-state index in [2.05, 4.69) is 9.82 Å². The van der Waals surface area contributed by atoms with Crippen LogP contribution in [0.25, 0.3) is 10.9 Å². The van der Waals surface area contributed by atoms with Gasteiger partial charge in [0.1, 0.15) is 17.3 Å². The number of hydrogen-bond acceptors (Lipinski definition) is 5. The molecule has 4 aromatic rings. The summed E-state index contributed by atoms with van der Waals surface area (Å²) in [5.41, 5.74) is -0.709. The summed E-state index contributed by atoms with van der Waals surface area (Å²) in [5, 5.41) is 16.1. The van der Waals surface area contributed by atoms with E-state index in [-0.39, 0.29) is 28.1 Å². The molecule has 1 aromatic heterocycles. The predicted molar refractivity (Wildman–Crippen MR) is 129 cm³/mol. The first-order chi connectivity index (χ1) is 17.5. The van der Waals surface area contributed by atoms with E-state index in [1.807, 2.05) is 5.10 Å². The molecule has 0 saturated heterocycles. The Morgan fingerprint density at radius 1 is 1.03 bits per heavy atom. The van der Waals surface area contributed by atoms with Crippen LogP contribution in [0.5, 0.6) is 5.75 Å². The number of hydrogen-bond donors (Lipinski definition) is 3. The van der Waals surface area contributed by atoms with Gasteiger partial charge in [-0.05, 0) is 61.2 Å². The van der Waals surface area contributed by atoms with Gasteiger partial charge in [0.05, 0.1) is 28.8 Å². The molecule has 0 spiro atoms. The molecule has 37 heavy (non-hydrogen) atoms. The molecule has 1 atom stereocenters. The lowest BCUT2D eigenvalue weighted by molar-refractivity contribution is -0.139. The average molecular weight is 538 g/mol. The molecule has 0 amide bonds. The van der Waals surface area contributed by atoms with Gasteiger partial charge in [0.25, 0.3) is 10.0 Å². The first kappa shape index (κ1) is 26.4. The fourth-order valence-electron chi connectivity index (χ4n) is 3.73. The van der Waals surface area contributed by atoms with Gasteiger partial charge in [-0.3, -0.25) is 9.82 Å². The molecule has 7 nitrogen and oxygen atoms in total. The van der Waals surface area contributed by atoms with E-state index >= 15 is 0 Å². The minimum Gasteiger partial charge on any atom is -0.494 e. The predicted octanol–water partition coefficient (Wildman–Crippen LogP) is 5.80. The summed E-state index contributed by atoms with van der Waals surface area (Å²) in [7, 11) is -4.00. The van der Waals surface area contributed by atoms with Gasteiger partial charge in [0, 0.05) is 11.5 Å². The molecule has 3 N–H and O–H groups in total. The molecule has 0 bridgehead atoms. The molecule has 3 aromatic carbocycles. The van der Waals surface area contributed by atoms with Crippen molar-refractivity contribution in [3.8, 4) is 5.75 Å². The lowest BCUT2D eigenvalue weighted by atomic mass is 10.0. The monoisotopic (exact) mass is 537 g/mol. The molecule has 1 heterocycles. The number of fused-ring (bicyclic) bond motifs is 1. The van der Waals surface area contributed by atoms with Gasteiger partial charge in [-0.1, -0.05) is 24.3 Å². The van der Waals surface area contributed by atoms with Crippen LogP contribution in [0.1, 0.15) is 36.6 Å². The van der Waals surface area contributed by atoms with Crippen molar-refractivity contribution in [1.82, 2.24) is 10.2 Å². The Morgan fingerprint density at radius 2 is 1.78 bits per heavy atom. The summed E-state index contributed by atoms with van der Waals surface area (Å²) in [6, 6.07) is 15.4. The maximum absolute atomic E-state index is 14.3. The van der Waals surface area contributed by atoms with E-state index in [0.717, 1.165) is 6.07 Å². The van der Waals surface area contributed by atoms with Crippen LogP contribution >= 0.6 is 0 Å². The number of aliphatic hydroxyl groups is 1. The third-order valence-electron chi connectivity index (χ3n) is 5.62. The van der Waals surface area contributed by atoms with Gasteiger partial charge in [-0.2, -0.15) is 18.3 Å². The molecule has 196 valence electrons. The van der Waals surface area contributed by atoms with Crippen LogP contribution < -0.4 is 9.46 Å². The van der Waals surface area contributed by atoms with Gasteiger partial charge in [0.15, 0.2) is 0 Å². The highest BCUT2D eigenvalue weighted by Gasteiger charge is 2.35. The Bertz CT molecular complexity index is 1470. The van der Waals surface area contributed by atoms with Crippen LogP contribution in [0.2, 0.25) is 0 Å². The summed E-state index contributed by atoms with van der Waals surface area (Å²) in [4.78, 5) is -0.0208. The third kappa shape index (κ3) is 6.38. The fourth-order valence-corrected chi connectivity index (χ4v) is 4.80. The number of H-pyrrole nitrogens is 1. The summed E-state index contributed by atoms with van der Waals surface area (Å²) in [6.45, 7) is 0.250. The van der Waals surface area contributed by atoms with Gasteiger partial charge in [-0.25, -0.2) is 12.8 Å².